The van der Waals surface area contributed by atoms with Crippen LogP contribution >= 0.6 is 23.2 Å². The van der Waals surface area contributed by atoms with Gasteiger partial charge in [-0.25, -0.2) is 9.97 Å². The Labute approximate surface area is 143 Å². The topological polar surface area (TPSA) is 76.5 Å². The van der Waals surface area contributed by atoms with E-state index in [4.69, 9.17) is 28.0 Å². The largest absolute Gasteiger partial charge is 0.399 e. The average Bonchev–Trinajstić information content (AvgIpc) is 2.55. The molecule has 1 aromatic heterocycles. The number of nitrogens with one attached hydrogen (secondary N) is 1. The fourth-order valence-corrected chi connectivity index (χ4v) is 2.11. The monoisotopic (exact) mass is 352 g/mol. The van der Waals surface area contributed by atoms with Crippen molar-refractivity contribution >= 4 is 40.8 Å². The molecule has 1 heterocycles. The molecule has 0 aliphatic rings. The van der Waals surface area contributed by atoms with Crippen LogP contribution in [-0.2, 0) is 9.63 Å². The zero-order valence-corrected chi connectivity index (χ0v) is 13.8. The number of halogens is 2. The lowest BCUT2D eigenvalue weighted by atomic mass is 10.1. The highest BCUT2D eigenvalue weighted by molar-refractivity contribution is 6.42. The summed E-state index contributed by atoms with van der Waals surface area (Å²) in [5, 5.41) is 7.42. The molecule has 1 N–H and O–H groups in total. The molecule has 0 saturated carbocycles. The van der Waals surface area contributed by atoms with Crippen molar-refractivity contribution in [3.8, 4) is 0 Å². The third-order valence-corrected chi connectivity index (χ3v) is 3.60. The van der Waals surface area contributed by atoms with Gasteiger partial charge in [-0.15, -0.1) is 0 Å². The van der Waals surface area contributed by atoms with Crippen LogP contribution in [0.1, 0.15) is 18.4 Å². The van der Waals surface area contributed by atoms with Crippen molar-refractivity contribution in [2.75, 3.05) is 12.4 Å². The number of carbonyl (C=O) groups is 1. The smallest absolute Gasteiger partial charge is 0.229 e. The molecule has 23 heavy (non-hydrogen) atoms. The summed E-state index contributed by atoms with van der Waals surface area (Å²) in [6, 6.07) is 6.79. The number of hydrogen-bond donors (Lipinski definition) is 1. The van der Waals surface area contributed by atoms with E-state index in [-0.39, 0.29) is 18.3 Å². The number of carbonyl (C=O) groups excluding carboxylic acids is 1. The van der Waals surface area contributed by atoms with E-state index in [0.29, 0.717) is 22.2 Å². The molecule has 0 aliphatic heterocycles. The number of rotatable bonds is 6. The molecule has 0 spiro atoms. The van der Waals surface area contributed by atoms with Gasteiger partial charge in [-0.05, 0) is 18.2 Å². The maximum absolute atomic E-state index is 11.9. The van der Waals surface area contributed by atoms with Crippen LogP contribution in [0.15, 0.2) is 41.8 Å². The quantitative estimate of drug-likeness (QED) is 0.636. The number of oxime groups is 1. The van der Waals surface area contributed by atoms with Crippen molar-refractivity contribution in [2.24, 2.45) is 5.16 Å². The fourth-order valence-electron chi connectivity index (χ4n) is 1.81. The summed E-state index contributed by atoms with van der Waals surface area (Å²) in [4.78, 5) is 24.6. The molecule has 0 fully saturated rings. The Bertz CT molecular complexity index is 708. The first-order valence-corrected chi connectivity index (χ1v) is 7.48. The number of anilines is 1. The summed E-state index contributed by atoms with van der Waals surface area (Å²) < 4.78 is 0. The fraction of sp³-hybridized carbons (Fsp3) is 0.200. The second-order valence-electron chi connectivity index (χ2n) is 4.47. The summed E-state index contributed by atoms with van der Waals surface area (Å²) in [5.41, 5.74) is 1.33. The Morgan fingerprint density at radius 1 is 1.22 bits per heavy atom. The van der Waals surface area contributed by atoms with Crippen LogP contribution in [-0.4, -0.2) is 28.7 Å². The highest BCUT2D eigenvalue weighted by atomic mass is 35.5. The minimum atomic E-state index is -0.222. The first-order valence-electron chi connectivity index (χ1n) is 6.72. The van der Waals surface area contributed by atoms with E-state index in [1.54, 1.807) is 36.7 Å². The predicted molar refractivity (Wildman–Crippen MR) is 89.9 cm³/mol. The maximum Gasteiger partial charge on any atom is 0.229 e. The van der Waals surface area contributed by atoms with E-state index in [2.05, 4.69) is 20.4 Å². The van der Waals surface area contributed by atoms with E-state index in [1.165, 1.54) is 7.11 Å². The molecule has 2 aromatic rings. The number of amides is 1. The second-order valence-corrected chi connectivity index (χ2v) is 5.28. The zero-order valence-electron chi connectivity index (χ0n) is 12.3. The van der Waals surface area contributed by atoms with Crippen LogP contribution in [0.3, 0.4) is 0 Å². The number of benzene rings is 1. The van der Waals surface area contributed by atoms with Crippen LogP contribution in [0, 0.1) is 0 Å². The average molecular weight is 353 g/mol. The summed E-state index contributed by atoms with van der Waals surface area (Å²) in [6.07, 6.45) is 3.66. The molecule has 0 unspecified atom stereocenters. The zero-order chi connectivity index (χ0) is 16.7. The highest BCUT2D eigenvalue weighted by Crippen LogP contribution is 2.23. The van der Waals surface area contributed by atoms with E-state index >= 15 is 0 Å². The van der Waals surface area contributed by atoms with Gasteiger partial charge in [-0.1, -0.05) is 34.4 Å². The van der Waals surface area contributed by atoms with Gasteiger partial charge in [-0.3, -0.25) is 10.1 Å². The molecule has 120 valence electrons. The Morgan fingerprint density at radius 3 is 2.61 bits per heavy atom. The van der Waals surface area contributed by atoms with Crippen LogP contribution < -0.4 is 5.32 Å². The minimum Gasteiger partial charge on any atom is -0.399 e. The summed E-state index contributed by atoms with van der Waals surface area (Å²) >= 11 is 11.9. The van der Waals surface area contributed by atoms with Gasteiger partial charge in [0, 0.05) is 30.8 Å². The lowest BCUT2D eigenvalue weighted by molar-refractivity contribution is -0.116. The minimum absolute atomic E-state index is 0.195. The first kappa shape index (κ1) is 17.2. The molecule has 1 aromatic carbocycles. The molecule has 0 saturated heterocycles. The molecule has 0 bridgehead atoms. The van der Waals surface area contributed by atoms with Gasteiger partial charge in [0.15, 0.2) is 0 Å². The molecule has 8 heteroatoms. The van der Waals surface area contributed by atoms with Crippen LogP contribution in [0.2, 0.25) is 10.0 Å². The van der Waals surface area contributed by atoms with E-state index in [0.717, 1.165) is 5.56 Å². The van der Waals surface area contributed by atoms with Gasteiger partial charge in [0.05, 0.1) is 15.8 Å². The van der Waals surface area contributed by atoms with Crippen LogP contribution in [0.4, 0.5) is 5.95 Å². The molecule has 0 aliphatic carbocycles. The molecule has 0 radical (unpaired) electrons. The van der Waals surface area contributed by atoms with Crippen molar-refractivity contribution in [3.63, 3.8) is 0 Å². The predicted octanol–water partition coefficient (Wildman–Crippen LogP) is 3.55. The Kier molecular flexibility index (Phi) is 6.31. The molecule has 6 nitrogen and oxygen atoms in total. The summed E-state index contributed by atoms with van der Waals surface area (Å²) in [7, 11) is 1.44. The third kappa shape index (κ3) is 5.19. The second kappa shape index (κ2) is 8.45. The SMILES string of the molecule is CO/N=C(\CCC(=O)Nc1ncccn1)c1ccc(Cl)c(Cl)c1. The third-order valence-electron chi connectivity index (χ3n) is 2.86. The lowest BCUT2D eigenvalue weighted by Gasteiger charge is -2.07. The van der Waals surface area contributed by atoms with Gasteiger partial charge in [-0.2, -0.15) is 0 Å². The summed E-state index contributed by atoms with van der Waals surface area (Å²) in [6.45, 7) is 0. The normalized spacial score (nSPS) is 11.2. The lowest BCUT2D eigenvalue weighted by Crippen LogP contribution is -2.15. The van der Waals surface area contributed by atoms with Crippen molar-refractivity contribution in [2.45, 2.75) is 12.8 Å². The van der Waals surface area contributed by atoms with Crippen molar-refractivity contribution in [1.29, 1.82) is 0 Å². The van der Waals surface area contributed by atoms with Gasteiger partial charge < -0.3 is 4.84 Å². The molecular formula is C15H14Cl2N4O2. The van der Waals surface area contributed by atoms with Gasteiger partial charge in [0.25, 0.3) is 0 Å². The van der Waals surface area contributed by atoms with E-state index in [1.807, 2.05) is 0 Å². The highest BCUT2D eigenvalue weighted by Gasteiger charge is 2.11. The van der Waals surface area contributed by atoms with E-state index < -0.39 is 0 Å². The number of hydrogen-bond acceptors (Lipinski definition) is 5. The van der Waals surface area contributed by atoms with Crippen molar-refractivity contribution in [1.82, 2.24) is 9.97 Å². The molecule has 2 rings (SSSR count). The van der Waals surface area contributed by atoms with E-state index in [9.17, 15) is 4.79 Å². The van der Waals surface area contributed by atoms with Crippen LogP contribution in [0.5, 0.6) is 0 Å². The standard InChI is InChI=1S/C15H14Cl2N4O2/c1-23-21-13(10-3-4-11(16)12(17)9-10)5-6-14(22)20-15-18-7-2-8-19-15/h2-4,7-9H,5-6H2,1H3,(H,18,19,20,22)/b21-13+. The molecule has 1 amide bonds. The summed E-state index contributed by atoms with van der Waals surface area (Å²) in [5.74, 6) is 0.0392. The van der Waals surface area contributed by atoms with Crippen molar-refractivity contribution in [3.05, 3.63) is 52.3 Å². The van der Waals surface area contributed by atoms with Crippen LogP contribution in [0.25, 0.3) is 0 Å². The Balaban J connectivity index is 2.01. The van der Waals surface area contributed by atoms with Crippen molar-refractivity contribution < 1.29 is 9.63 Å². The molecule has 0 atom stereocenters. The Morgan fingerprint density at radius 2 is 1.96 bits per heavy atom. The first-order chi connectivity index (χ1) is 11.1. The molecular weight excluding hydrogens is 339 g/mol. The number of aromatic nitrogens is 2. The van der Waals surface area contributed by atoms with Gasteiger partial charge in [0.2, 0.25) is 11.9 Å². The van der Waals surface area contributed by atoms with Gasteiger partial charge in [0.1, 0.15) is 7.11 Å². The maximum atomic E-state index is 11.9. The number of nitrogens with zero attached hydrogens (tertiary/aromatic N) is 3. The Hall–Kier alpha value is -2.18. The van der Waals surface area contributed by atoms with Gasteiger partial charge >= 0.3 is 0 Å².